The third kappa shape index (κ3) is 2.97. The van der Waals surface area contributed by atoms with Crippen molar-refractivity contribution in [3.05, 3.63) is 29.8 Å². The van der Waals surface area contributed by atoms with Crippen molar-refractivity contribution >= 4 is 0 Å². The molecule has 0 aliphatic carbocycles. The second-order valence-electron chi connectivity index (χ2n) is 4.19. The molecule has 2 rings (SSSR count). The molecule has 0 spiro atoms. The number of methoxy groups -OCH3 is 1. The van der Waals surface area contributed by atoms with Crippen molar-refractivity contribution in [2.75, 3.05) is 33.4 Å². The van der Waals surface area contributed by atoms with E-state index in [1.807, 2.05) is 12.1 Å². The first-order chi connectivity index (χ1) is 7.90. The maximum Gasteiger partial charge on any atom is 0.122 e. The summed E-state index contributed by atoms with van der Waals surface area (Å²) in [5, 5.41) is 3.38. The van der Waals surface area contributed by atoms with E-state index in [1.165, 1.54) is 5.56 Å². The lowest BCUT2D eigenvalue weighted by Crippen LogP contribution is -2.32. The fraction of sp³-hybridized carbons (Fsp3) is 0.538. The Morgan fingerprint density at radius 2 is 2.31 bits per heavy atom. The van der Waals surface area contributed by atoms with Crippen LogP contribution in [0.5, 0.6) is 5.75 Å². The van der Waals surface area contributed by atoms with Crippen LogP contribution in [0.4, 0.5) is 0 Å². The quantitative estimate of drug-likeness (QED) is 0.764. The monoisotopic (exact) mass is 221 g/mol. The van der Waals surface area contributed by atoms with E-state index >= 15 is 0 Å². The molecule has 1 aromatic rings. The molecule has 88 valence electrons. The molecule has 1 aliphatic rings. The van der Waals surface area contributed by atoms with Gasteiger partial charge in [0, 0.05) is 26.1 Å². The molecule has 0 saturated carbocycles. The summed E-state index contributed by atoms with van der Waals surface area (Å²) in [6, 6.07) is 8.29. The van der Waals surface area contributed by atoms with Gasteiger partial charge in [-0.15, -0.1) is 0 Å². The molecule has 1 aromatic carbocycles. The first-order valence-electron chi connectivity index (χ1n) is 5.80. The van der Waals surface area contributed by atoms with Gasteiger partial charge in [0.25, 0.3) is 0 Å². The van der Waals surface area contributed by atoms with Crippen LogP contribution in [-0.4, -0.2) is 33.4 Å². The lowest BCUT2D eigenvalue weighted by molar-refractivity contribution is 0.188. The Kier molecular flexibility index (Phi) is 4.19. The maximum absolute atomic E-state index is 5.72. The number of hydrogen-bond donors (Lipinski definition) is 1. The largest absolute Gasteiger partial charge is 0.493 e. The number of rotatable bonds is 5. The van der Waals surface area contributed by atoms with E-state index in [2.05, 4.69) is 17.4 Å². The number of fused-ring (bicyclic) bond motifs is 1. The van der Waals surface area contributed by atoms with Crippen molar-refractivity contribution in [1.82, 2.24) is 5.32 Å². The second-order valence-corrected chi connectivity index (χ2v) is 4.19. The van der Waals surface area contributed by atoms with Gasteiger partial charge in [0.2, 0.25) is 0 Å². The normalized spacial score (nSPS) is 18.9. The molecule has 0 amide bonds. The van der Waals surface area contributed by atoms with Crippen LogP contribution < -0.4 is 10.1 Å². The molecule has 0 fully saturated rings. The summed E-state index contributed by atoms with van der Waals surface area (Å²) in [5.74, 6) is 1.63. The Balaban J connectivity index is 1.79. The van der Waals surface area contributed by atoms with Gasteiger partial charge in [0.15, 0.2) is 0 Å². The summed E-state index contributed by atoms with van der Waals surface area (Å²) in [6.45, 7) is 3.49. The Labute approximate surface area is 96.8 Å². The summed E-state index contributed by atoms with van der Waals surface area (Å²) >= 11 is 0. The van der Waals surface area contributed by atoms with Crippen LogP contribution in [0.1, 0.15) is 5.56 Å². The van der Waals surface area contributed by atoms with Crippen molar-refractivity contribution in [3.8, 4) is 5.75 Å². The predicted octanol–water partition coefficient (Wildman–Crippen LogP) is 1.47. The molecule has 3 nitrogen and oxygen atoms in total. The summed E-state index contributed by atoms with van der Waals surface area (Å²) in [5.41, 5.74) is 1.33. The first kappa shape index (κ1) is 11.4. The highest BCUT2D eigenvalue weighted by Crippen LogP contribution is 2.26. The van der Waals surface area contributed by atoms with Gasteiger partial charge in [0.1, 0.15) is 5.75 Å². The summed E-state index contributed by atoms with van der Waals surface area (Å²) in [6.07, 6.45) is 1.11. The van der Waals surface area contributed by atoms with Crippen LogP contribution in [-0.2, 0) is 11.2 Å². The third-order valence-electron chi connectivity index (χ3n) is 2.87. The van der Waals surface area contributed by atoms with Crippen LogP contribution >= 0.6 is 0 Å². The van der Waals surface area contributed by atoms with Gasteiger partial charge < -0.3 is 14.8 Å². The minimum Gasteiger partial charge on any atom is -0.493 e. The van der Waals surface area contributed by atoms with Gasteiger partial charge in [0.05, 0.1) is 13.2 Å². The van der Waals surface area contributed by atoms with Crippen molar-refractivity contribution in [1.29, 1.82) is 0 Å². The second kappa shape index (κ2) is 5.87. The van der Waals surface area contributed by atoms with Crippen molar-refractivity contribution in [2.45, 2.75) is 6.42 Å². The Morgan fingerprint density at radius 3 is 3.19 bits per heavy atom. The topological polar surface area (TPSA) is 30.5 Å². The Bertz CT molecular complexity index is 327. The summed E-state index contributed by atoms with van der Waals surface area (Å²) in [7, 11) is 1.72. The zero-order valence-electron chi connectivity index (χ0n) is 9.74. The average molecular weight is 221 g/mol. The van der Waals surface area contributed by atoms with Gasteiger partial charge >= 0.3 is 0 Å². The molecule has 0 aromatic heterocycles. The molecule has 1 heterocycles. The summed E-state index contributed by atoms with van der Waals surface area (Å²) < 4.78 is 10.7. The van der Waals surface area contributed by atoms with Crippen LogP contribution in [0.15, 0.2) is 24.3 Å². The molecule has 0 saturated heterocycles. The van der Waals surface area contributed by atoms with E-state index in [0.29, 0.717) is 5.92 Å². The fourth-order valence-electron chi connectivity index (χ4n) is 2.00. The number of hydrogen-bond acceptors (Lipinski definition) is 3. The highest BCUT2D eigenvalue weighted by atomic mass is 16.5. The van der Waals surface area contributed by atoms with Gasteiger partial charge in [-0.25, -0.2) is 0 Å². The van der Waals surface area contributed by atoms with E-state index in [4.69, 9.17) is 9.47 Å². The number of nitrogens with one attached hydrogen (secondary N) is 1. The number of ether oxygens (including phenoxy) is 2. The van der Waals surface area contributed by atoms with E-state index in [-0.39, 0.29) is 0 Å². The number of benzene rings is 1. The zero-order chi connectivity index (χ0) is 11.2. The van der Waals surface area contributed by atoms with Crippen molar-refractivity contribution in [2.24, 2.45) is 5.92 Å². The molecule has 1 aliphatic heterocycles. The highest BCUT2D eigenvalue weighted by Gasteiger charge is 2.18. The van der Waals surface area contributed by atoms with Crippen LogP contribution in [0.25, 0.3) is 0 Å². The number of para-hydroxylation sites is 1. The van der Waals surface area contributed by atoms with Gasteiger partial charge in [-0.1, -0.05) is 18.2 Å². The zero-order valence-corrected chi connectivity index (χ0v) is 9.74. The summed E-state index contributed by atoms with van der Waals surface area (Å²) in [4.78, 5) is 0. The molecule has 0 bridgehead atoms. The third-order valence-corrected chi connectivity index (χ3v) is 2.87. The van der Waals surface area contributed by atoms with Crippen molar-refractivity contribution < 1.29 is 9.47 Å². The average Bonchev–Trinajstić information content (AvgIpc) is 2.34. The molecule has 0 radical (unpaired) electrons. The van der Waals surface area contributed by atoms with Crippen LogP contribution in [0, 0.1) is 5.92 Å². The molecule has 1 N–H and O–H groups in total. The standard InChI is InChI=1S/C13H19NO2/c1-15-7-6-14-9-11-8-12-4-2-3-5-13(12)16-10-11/h2-5,11,14H,6-10H2,1H3. The predicted molar refractivity (Wildman–Crippen MR) is 63.9 cm³/mol. The molecular formula is C13H19NO2. The molecule has 3 heteroatoms. The van der Waals surface area contributed by atoms with E-state index in [0.717, 1.165) is 38.5 Å². The highest BCUT2D eigenvalue weighted by molar-refractivity contribution is 5.35. The Hall–Kier alpha value is -1.06. The van der Waals surface area contributed by atoms with Gasteiger partial charge in [-0.05, 0) is 18.1 Å². The molecule has 16 heavy (non-hydrogen) atoms. The lowest BCUT2D eigenvalue weighted by atomic mass is 9.97. The smallest absolute Gasteiger partial charge is 0.122 e. The van der Waals surface area contributed by atoms with Crippen molar-refractivity contribution in [3.63, 3.8) is 0 Å². The SMILES string of the molecule is COCCNCC1COc2ccccc2C1. The van der Waals surface area contributed by atoms with E-state index in [9.17, 15) is 0 Å². The lowest BCUT2D eigenvalue weighted by Gasteiger charge is -2.25. The minimum atomic E-state index is 0.576. The molecule has 1 unspecified atom stereocenters. The Morgan fingerprint density at radius 1 is 1.44 bits per heavy atom. The van der Waals surface area contributed by atoms with Crippen LogP contribution in [0.3, 0.4) is 0 Å². The van der Waals surface area contributed by atoms with E-state index in [1.54, 1.807) is 7.11 Å². The van der Waals surface area contributed by atoms with Gasteiger partial charge in [-0.3, -0.25) is 0 Å². The first-order valence-corrected chi connectivity index (χ1v) is 5.80. The molecular weight excluding hydrogens is 202 g/mol. The van der Waals surface area contributed by atoms with Crippen LogP contribution in [0.2, 0.25) is 0 Å². The fourth-order valence-corrected chi connectivity index (χ4v) is 2.00. The minimum absolute atomic E-state index is 0.576. The molecule has 1 atom stereocenters. The van der Waals surface area contributed by atoms with Gasteiger partial charge in [-0.2, -0.15) is 0 Å². The maximum atomic E-state index is 5.72. The van der Waals surface area contributed by atoms with E-state index < -0.39 is 0 Å².